The largest absolute Gasteiger partial charge is 0.453 e. The summed E-state index contributed by atoms with van der Waals surface area (Å²) in [7, 11) is 1.26. The lowest BCUT2D eigenvalue weighted by atomic mass is 10.3. The van der Waals surface area contributed by atoms with E-state index in [0.29, 0.717) is 6.42 Å². The van der Waals surface area contributed by atoms with Crippen LogP contribution in [0, 0.1) is 11.3 Å². The molecule has 0 bridgehead atoms. The first-order chi connectivity index (χ1) is 4.74. The molecule has 0 aromatic rings. The molecule has 1 atom stereocenters. The Morgan fingerprint density at radius 2 is 2.50 bits per heavy atom. The van der Waals surface area contributed by atoms with Crippen LogP contribution in [0.3, 0.4) is 0 Å². The van der Waals surface area contributed by atoms with Gasteiger partial charge in [-0.25, -0.2) is 4.79 Å². The predicted octanol–water partition coefficient (Wildman–Crippen LogP) is 0.645. The highest BCUT2D eigenvalue weighted by atomic mass is 16.5. The first-order valence-electron chi connectivity index (χ1n) is 2.98. The molecule has 0 spiro atoms. The third-order valence-corrected chi connectivity index (χ3v) is 1.04. The van der Waals surface area contributed by atoms with Gasteiger partial charge in [0.25, 0.3) is 0 Å². The first kappa shape index (κ1) is 8.76. The number of hydrogen-bond donors (Lipinski definition) is 1. The minimum Gasteiger partial charge on any atom is -0.453 e. The molecule has 0 aromatic carbocycles. The molecule has 56 valence electrons. The Kier molecular flexibility index (Phi) is 4.05. The van der Waals surface area contributed by atoms with Gasteiger partial charge in [0.05, 0.1) is 13.2 Å². The van der Waals surface area contributed by atoms with Gasteiger partial charge in [-0.15, -0.1) is 0 Å². The molecule has 0 fully saturated rings. The average molecular weight is 142 g/mol. The summed E-state index contributed by atoms with van der Waals surface area (Å²) in [6.07, 6.45) is 0.0272. The van der Waals surface area contributed by atoms with Crippen molar-refractivity contribution in [2.45, 2.75) is 19.4 Å². The molecule has 1 amide bonds. The van der Waals surface area contributed by atoms with Crippen LogP contribution in [0.2, 0.25) is 0 Å². The molecule has 0 rings (SSSR count). The van der Waals surface area contributed by atoms with E-state index >= 15 is 0 Å². The van der Waals surface area contributed by atoms with Crippen LogP contribution in [0.5, 0.6) is 0 Å². The number of ether oxygens (including phenoxy) is 1. The normalized spacial score (nSPS) is 11.3. The van der Waals surface area contributed by atoms with Gasteiger partial charge in [-0.3, -0.25) is 0 Å². The van der Waals surface area contributed by atoms with Gasteiger partial charge in [-0.2, -0.15) is 5.26 Å². The molecule has 0 aromatic heterocycles. The summed E-state index contributed by atoms with van der Waals surface area (Å²) in [5.41, 5.74) is 0. The van der Waals surface area contributed by atoms with Gasteiger partial charge in [0.1, 0.15) is 6.04 Å². The van der Waals surface area contributed by atoms with Crippen molar-refractivity contribution in [1.29, 1.82) is 5.26 Å². The zero-order valence-corrected chi connectivity index (χ0v) is 6.05. The maximum absolute atomic E-state index is 10.5. The van der Waals surface area contributed by atoms with Crippen LogP contribution >= 0.6 is 0 Å². The second-order valence-corrected chi connectivity index (χ2v) is 1.73. The van der Waals surface area contributed by atoms with Crippen molar-refractivity contribution >= 4 is 6.09 Å². The zero-order valence-electron chi connectivity index (χ0n) is 6.05. The molecule has 0 saturated carbocycles. The number of carbonyl (C=O) groups is 1. The van der Waals surface area contributed by atoms with E-state index in [-0.39, 0.29) is 0 Å². The molecule has 0 unspecified atom stereocenters. The summed E-state index contributed by atoms with van der Waals surface area (Å²) in [6.45, 7) is 1.81. The summed E-state index contributed by atoms with van der Waals surface area (Å²) in [6, 6.07) is 1.47. The number of carbonyl (C=O) groups excluding carboxylic acids is 1. The number of hydrogen-bond acceptors (Lipinski definition) is 3. The molecule has 10 heavy (non-hydrogen) atoms. The predicted molar refractivity (Wildman–Crippen MR) is 35.2 cm³/mol. The van der Waals surface area contributed by atoms with E-state index in [1.807, 2.05) is 13.0 Å². The molecule has 4 heteroatoms. The zero-order chi connectivity index (χ0) is 7.98. The monoisotopic (exact) mass is 142 g/mol. The van der Waals surface area contributed by atoms with Crippen molar-refractivity contribution in [3.63, 3.8) is 0 Å². The number of amides is 1. The van der Waals surface area contributed by atoms with Crippen molar-refractivity contribution in [2.24, 2.45) is 0 Å². The van der Waals surface area contributed by atoms with Gasteiger partial charge in [-0.05, 0) is 6.42 Å². The number of methoxy groups -OCH3 is 1. The van der Waals surface area contributed by atoms with Crippen LogP contribution in [0.4, 0.5) is 4.79 Å². The number of alkyl carbamates (subject to hydrolysis) is 1. The van der Waals surface area contributed by atoms with E-state index in [1.165, 1.54) is 7.11 Å². The summed E-state index contributed by atoms with van der Waals surface area (Å²) in [4.78, 5) is 10.5. The highest BCUT2D eigenvalue weighted by Gasteiger charge is 2.06. The van der Waals surface area contributed by atoms with Crippen LogP contribution < -0.4 is 5.32 Å². The Balaban J connectivity index is 3.66. The summed E-state index contributed by atoms with van der Waals surface area (Å²) in [5.74, 6) is 0. The van der Waals surface area contributed by atoms with E-state index < -0.39 is 12.1 Å². The lowest BCUT2D eigenvalue weighted by Crippen LogP contribution is -2.32. The molecular formula is C6H10N2O2. The number of nitrogens with zero attached hydrogens (tertiary/aromatic N) is 1. The summed E-state index contributed by atoms with van der Waals surface area (Å²) >= 11 is 0. The number of nitriles is 1. The minimum atomic E-state index is -0.562. The van der Waals surface area contributed by atoms with Crippen molar-refractivity contribution in [2.75, 3.05) is 7.11 Å². The average Bonchev–Trinajstić information content (AvgIpc) is 1.99. The quantitative estimate of drug-likeness (QED) is 0.615. The Morgan fingerprint density at radius 3 is 2.80 bits per heavy atom. The van der Waals surface area contributed by atoms with Gasteiger partial charge in [-0.1, -0.05) is 6.92 Å². The van der Waals surface area contributed by atoms with Crippen LogP contribution in [0.1, 0.15) is 13.3 Å². The van der Waals surface area contributed by atoms with Crippen LogP contribution in [0.15, 0.2) is 0 Å². The molecule has 0 saturated heterocycles. The maximum atomic E-state index is 10.5. The fourth-order valence-electron chi connectivity index (χ4n) is 0.427. The molecule has 1 N–H and O–H groups in total. The van der Waals surface area contributed by atoms with Crippen LogP contribution in [-0.4, -0.2) is 19.2 Å². The molecule has 0 aliphatic carbocycles. The molecule has 0 radical (unpaired) electrons. The standard InChI is InChI=1S/C6H10N2O2/c1-3-5(4-7)8-6(9)10-2/h5H,3H2,1-2H3,(H,8,9)/t5-/m1/s1. The second-order valence-electron chi connectivity index (χ2n) is 1.73. The minimum absolute atomic E-state index is 0.438. The molecule has 4 nitrogen and oxygen atoms in total. The molecule has 0 aliphatic heterocycles. The van der Waals surface area contributed by atoms with E-state index in [2.05, 4.69) is 10.1 Å². The summed E-state index contributed by atoms with van der Waals surface area (Å²) in [5, 5.41) is 10.7. The highest BCUT2D eigenvalue weighted by Crippen LogP contribution is 1.87. The number of nitrogens with one attached hydrogen (secondary N) is 1. The van der Waals surface area contributed by atoms with Crippen molar-refractivity contribution in [3.8, 4) is 6.07 Å². The smallest absolute Gasteiger partial charge is 0.407 e. The van der Waals surface area contributed by atoms with Gasteiger partial charge in [0.2, 0.25) is 0 Å². The highest BCUT2D eigenvalue weighted by molar-refractivity contribution is 5.67. The third-order valence-electron chi connectivity index (χ3n) is 1.04. The first-order valence-corrected chi connectivity index (χ1v) is 2.98. The van der Waals surface area contributed by atoms with E-state index in [9.17, 15) is 4.79 Å². The van der Waals surface area contributed by atoms with Gasteiger partial charge in [0.15, 0.2) is 0 Å². The lowest BCUT2D eigenvalue weighted by Gasteiger charge is -2.05. The fraction of sp³-hybridized carbons (Fsp3) is 0.667. The Bertz CT molecular complexity index is 150. The Morgan fingerprint density at radius 1 is 1.90 bits per heavy atom. The third kappa shape index (κ3) is 2.92. The van der Waals surface area contributed by atoms with Crippen LogP contribution in [0.25, 0.3) is 0 Å². The van der Waals surface area contributed by atoms with E-state index in [1.54, 1.807) is 0 Å². The van der Waals surface area contributed by atoms with E-state index in [4.69, 9.17) is 5.26 Å². The molecular weight excluding hydrogens is 132 g/mol. The van der Waals surface area contributed by atoms with Crippen molar-refractivity contribution in [1.82, 2.24) is 5.32 Å². The van der Waals surface area contributed by atoms with Crippen molar-refractivity contribution < 1.29 is 9.53 Å². The topological polar surface area (TPSA) is 62.1 Å². The summed E-state index contributed by atoms with van der Waals surface area (Å²) < 4.78 is 4.28. The lowest BCUT2D eigenvalue weighted by molar-refractivity contribution is 0.168. The van der Waals surface area contributed by atoms with E-state index in [0.717, 1.165) is 0 Å². The maximum Gasteiger partial charge on any atom is 0.407 e. The second kappa shape index (κ2) is 4.62. The SMILES string of the molecule is CC[C@H](C#N)NC(=O)OC. The Hall–Kier alpha value is -1.24. The Labute approximate surface area is 59.8 Å². The fourth-order valence-corrected chi connectivity index (χ4v) is 0.427. The van der Waals surface area contributed by atoms with Gasteiger partial charge < -0.3 is 10.1 Å². The number of rotatable bonds is 2. The van der Waals surface area contributed by atoms with Crippen molar-refractivity contribution in [3.05, 3.63) is 0 Å². The van der Waals surface area contributed by atoms with Gasteiger partial charge >= 0.3 is 6.09 Å². The van der Waals surface area contributed by atoms with Crippen LogP contribution in [-0.2, 0) is 4.74 Å². The molecule has 0 heterocycles. The molecule has 0 aliphatic rings. The van der Waals surface area contributed by atoms with Gasteiger partial charge in [0, 0.05) is 0 Å².